The van der Waals surface area contributed by atoms with Crippen molar-refractivity contribution in [3.05, 3.63) is 53.6 Å². The van der Waals surface area contributed by atoms with Crippen molar-refractivity contribution in [2.24, 2.45) is 0 Å². The number of fused-ring (bicyclic) bond motifs is 1. The zero-order valence-electron chi connectivity index (χ0n) is 12.4. The van der Waals surface area contributed by atoms with Crippen LogP contribution >= 0.6 is 0 Å². The Hall–Kier alpha value is -2.82. The van der Waals surface area contributed by atoms with Gasteiger partial charge >= 0.3 is 0 Å². The molecule has 0 aliphatic carbocycles. The van der Waals surface area contributed by atoms with Crippen LogP contribution in [0, 0.1) is 6.92 Å². The predicted molar refractivity (Wildman–Crippen MR) is 84.5 cm³/mol. The maximum absolute atomic E-state index is 12.8. The van der Waals surface area contributed by atoms with Crippen LogP contribution in [-0.4, -0.2) is 25.5 Å². The fraction of sp³-hybridized carbons (Fsp3) is 0.176. The van der Waals surface area contributed by atoms with Crippen LogP contribution in [0.4, 0.5) is 11.4 Å². The summed E-state index contributed by atoms with van der Waals surface area (Å²) in [7, 11) is 1.59. The number of benzene rings is 2. The minimum absolute atomic E-state index is 0.0148. The molecule has 1 aliphatic rings. The maximum Gasteiger partial charge on any atom is 0.258 e. The van der Waals surface area contributed by atoms with E-state index in [1.54, 1.807) is 31.4 Å². The number of carbonyl (C=O) groups excluding carboxylic acids is 2. The maximum atomic E-state index is 12.8. The Labute approximate surface area is 128 Å². The molecule has 0 radical (unpaired) electrons. The molecule has 1 aliphatic heterocycles. The normalized spacial score (nSPS) is 13.4. The molecule has 22 heavy (non-hydrogen) atoms. The molecule has 0 unspecified atom stereocenters. The van der Waals surface area contributed by atoms with Crippen LogP contribution in [0.5, 0.6) is 5.75 Å². The topological polar surface area (TPSA) is 58.6 Å². The highest BCUT2D eigenvalue weighted by molar-refractivity contribution is 6.15. The van der Waals surface area contributed by atoms with Gasteiger partial charge in [0.2, 0.25) is 5.91 Å². The van der Waals surface area contributed by atoms with Crippen LogP contribution < -0.4 is 15.0 Å². The first kappa shape index (κ1) is 14.1. The van der Waals surface area contributed by atoms with Gasteiger partial charge in [0.15, 0.2) is 0 Å². The van der Waals surface area contributed by atoms with Gasteiger partial charge in [0.25, 0.3) is 5.91 Å². The molecular formula is C17H16N2O3. The van der Waals surface area contributed by atoms with Gasteiger partial charge in [-0.3, -0.25) is 14.5 Å². The number of methoxy groups -OCH3 is 1. The average molecular weight is 296 g/mol. The van der Waals surface area contributed by atoms with Crippen LogP contribution in [0.25, 0.3) is 0 Å². The Kier molecular flexibility index (Phi) is 3.55. The van der Waals surface area contributed by atoms with Gasteiger partial charge in [-0.1, -0.05) is 12.1 Å². The highest BCUT2D eigenvalue weighted by Gasteiger charge is 2.27. The van der Waals surface area contributed by atoms with Gasteiger partial charge < -0.3 is 10.1 Å². The van der Waals surface area contributed by atoms with Crippen molar-refractivity contribution in [2.45, 2.75) is 6.92 Å². The lowest BCUT2D eigenvalue weighted by Gasteiger charge is -2.29. The molecule has 3 rings (SSSR count). The first-order valence-corrected chi connectivity index (χ1v) is 6.95. The van der Waals surface area contributed by atoms with Crippen LogP contribution in [0.1, 0.15) is 15.9 Å². The average Bonchev–Trinajstić information content (AvgIpc) is 2.53. The molecule has 0 spiro atoms. The van der Waals surface area contributed by atoms with Crippen molar-refractivity contribution in [1.82, 2.24) is 0 Å². The first-order valence-electron chi connectivity index (χ1n) is 6.95. The Morgan fingerprint density at radius 2 is 2.00 bits per heavy atom. The number of nitrogens with one attached hydrogen (secondary N) is 1. The molecule has 0 aromatic heterocycles. The quantitative estimate of drug-likeness (QED) is 0.926. The summed E-state index contributed by atoms with van der Waals surface area (Å²) in [4.78, 5) is 26.1. The number of nitrogens with zero attached hydrogens (tertiary/aromatic N) is 1. The molecule has 2 aromatic carbocycles. The standard InChI is InChI=1S/C17H16N2O3/c1-11-9-12(7-8-15(11)22-2)17(21)19-10-16(20)18-13-5-3-4-6-14(13)19/h3-9H,10H2,1-2H3,(H,18,20). The van der Waals surface area contributed by atoms with E-state index in [2.05, 4.69) is 5.32 Å². The van der Waals surface area contributed by atoms with Crippen LogP contribution in [0.2, 0.25) is 0 Å². The molecule has 5 heteroatoms. The van der Waals surface area contributed by atoms with Gasteiger partial charge in [-0.05, 0) is 42.8 Å². The summed E-state index contributed by atoms with van der Waals surface area (Å²) in [5.74, 6) is 0.332. The Balaban J connectivity index is 1.99. The molecule has 1 heterocycles. The number of anilines is 2. The monoisotopic (exact) mass is 296 g/mol. The van der Waals surface area contributed by atoms with E-state index in [0.29, 0.717) is 16.9 Å². The van der Waals surface area contributed by atoms with E-state index in [-0.39, 0.29) is 18.4 Å². The SMILES string of the molecule is COc1ccc(C(=O)N2CC(=O)Nc3ccccc32)cc1C. The van der Waals surface area contributed by atoms with E-state index >= 15 is 0 Å². The van der Waals surface area contributed by atoms with E-state index < -0.39 is 0 Å². The lowest BCUT2D eigenvalue weighted by molar-refractivity contribution is -0.115. The predicted octanol–water partition coefficient (Wildman–Crippen LogP) is 2.60. The molecular weight excluding hydrogens is 280 g/mol. The zero-order chi connectivity index (χ0) is 15.7. The summed E-state index contributed by atoms with van der Waals surface area (Å²) >= 11 is 0. The summed E-state index contributed by atoms with van der Waals surface area (Å²) in [6.45, 7) is 1.90. The summed E-state index contributed by atoms with van der Waals surface area (Å²) in [5, 5.41) is 2.77. The molecule has 0 atom stereocenters. The number of para-hydroxylation sites is 2. The van der Waals surface area contributed by atoms with Crippen molar-refractivity contribution < 1.29 is 14.3 Å². The molecule has 5 nitrogen and oxygen atoms in total. The largest absolute Gasteiger partial charge is 0.496 e. The third-order valence-corrected chi connectivity index (χ3v) is 3.66. The molecule has 112 valence electrons. The minimum Gasteiger partial charge on any atom is -0.496 e. The van der Waals surface area contributed by atoms with E-state index in [1.807, 2.05) is 25.1 Å². The number of rotatable bonds is 2. The van der Waals surface area contributed by atoms with Crippen molar-refractivity contribution in [3.8, 4) is 5.75 Å². The molecule has 2 amide bonds. The third kappa shape index (κ3) is 2.41. The second-order valence-corrected chi connectivity index (χ2v) is 5.14. The molecule has 0 bridgehead atoms. The van der Waals surface area contributed by atoms with Crippen molar-refractivity contribution in [1.29, 1.82) is 0 Å². The van der Waals surface area contributed by atoms with Gasteiger partial charge in [-0.2, -0.15) is 0 Å². The van der Waals surface area contributed by atoms with Crippen molar-refractivity contribution in [3.63, 3.8) is 0 Å². The fourth-order valence-electron chi connectivity index (χ4n) is 2.58. The summed E-state index contributed by atoms with van der Waals surface area (Å²) in [5.41, 5.74) is 2.77. The molecule has 2 aromatic rings. The van der Waals surface area contributed by atoms with Gasteiger partial charge in [0.1, 0.15) is 12.3 Å². The van der Waals surface area contributed by atoms with Gasteiger partial charge in [-0.25, -0.2) is 0 Å². The lowest BCUT2D eigenvalue weighted by Crippen LogP contribution is -2.42. The van der Waals surface area contributed by atoms with Gasteiger partial charge in [-0.15, -0.1) is 0 Å². The molecule has 0 saturated carbocycles. The summed E-state index contributed by atoms with van der Waals surface area (Å²) in [6, 6.07) is 12.5. The smallest absolute Gasteiger partial charge is 0.258 e. The number of hydrogen-bond donors (Lipinski definition) is 1. The van der Waals surface area contributed by atoms with E-state index in [4.69, 9.17) is 4.74 Å². The van der Waals surface area contributed by atoms with Gasteiger partial charge in [0.05, 0.1) is 18.5 Å². The third-order valence-electron chi connectivity index (χ3n) is 3.66. The van der Waals surface area contributed by atoms with E-state index in [0.717, 1.165) is 11.3 Å². The number of aryl methyl sites for hydroxylation is 1. The zero-order valence-corrected chi connectivity index (χ0v) is 12.4. The lowest BCUT2D eigenvalue weighted by atomic mass is 10.1. The number of carbonyl (C=O) groups is 2. The minimum atomic E-state index is -0.201. The van der Waals surface area contributed by atoms with Crippen LogP contribution in [0.15, 0.2) is 42.5 Å². The van der Waals surface area contributed by atoms with E-state index in [1.165, 1.54) is 4.90 Å². The number of hydrogen-bond acceptors (Lipinski definition) is 3. The highest BCUT2D eigenvalue weighted by Crippen LogP contribution is 2.30. The van der Waals surface area contributed by atoms with Crippen molar-refractivity contribution in [2.75, 3.05) is 23.9 Å². The molecule has 0 saturated heterocycles. The number of ether oxygens (including phenoxy) is 1. The summed E-state index contributed by atoms with van der Waals surface area (Å²) < 4.78 is 5.21. The van der Waals surface area contributed by atoms with Crippen molar-refractivity contribution >= 4 is 23.2 Å². The molecule has 1 N–H and O–H groups in total. The molecule has 0 fully saturated rings. The van der Waals surface area contributed by atoms with E-state index in [9.17, 15) is 9.59 Å². The first-order chi connectivity index (χ1) is 10.6. The van der Waals surface area contributed by atoms with Crippen LogP contribution in [0.3, 0.4) is 0 Å². The Bertz CT molecular complexity index is 755. The Morgan fingerprint density at radius 3 is 2.73 bits per heavy atom. The second-order valence-electron chi connectivity index (χ2n) is 5.14. The van der Waals surface area contributed by atoms with Gasteiger partial charge in [0, 0.05) is 5.56 Å². The number of amides is 2. The van der Waals surface area contributed by atoms with Crippen LogP contribution in [-0.2, 0) is 4.79 Å². The fourth-order valence-corrected chi connectivity index (χ4v) is 2.58. The highest BCUT2D eigenvalue weighted by atomic mass is 16.5. The second kappa shape index (κ2) is 5.52. The summed E-state index contributed by atoms with van der Waals surface area (Å²) in [6.07, 6.45) is 0. The Morgan fingerprint density at radius 1 is 1.23 bits per heavy atom.